The molecule has 1 fully saturated rings. The second-order valence-corrected chi connectivity index (χ2v) is 7.33. The molecular formula is C17H19ClN2O3S. The van der Waals surface area contributed by atoms with Gasteiger partial charge in [-0.25, -0.2) is 0 Å². The van der Waals surface area contributed by atoms with E-state index in [0.717, 1.165) is 30.4 Å². The maximum atomic E-state index is 12.5. The van der Waals surface area contributed by atoms with E-state index in [-0.39, 0.29) is 18.4 Å². The highest BCUT2D eigenvalue weighted by Gasteiger charge is 2.21. The fourth-order valence-corrected chi connectivity index (χ4v) is 4.44. The molecule has 1 saturated carbocycles. The van der Waals surface area contributed by atoms with Gasteiger partial charge in [-0.05, 0) is 25.0 Å². The quantitative estimate of drug-likeness (QED) is 0.780. The third-order valence-electron chi connectivity index (χ3n) is 4.33. The Morgan fingerprint density at radius 3 is 2.79 bits per heavy atom. The highest BCUT2D eigenvalue weighted by atomic mass is 35.5. The smallest absolute Gasteiger partial charge is 0.325 e. The molecule has 24 heavy (non-hydrogen) atoms. The molecule has 0 radical (unpaired) electrons. The molecule has 2 aromatic rings. The molecule has 1 aromatic heterocycles. The van der Waals surface area contributed by atoms with Crippen molar-refractivity contribution in [3.63, 3.8) is 0 Å². The minimum absolute atomic E-state index is 0.00832. The molecule has 128 valence electrons. The van der Waals surface area contributed by atoms with Crippen LogP contribution < -0.4 is 4.80 Å². The fourth-order valence-electron chi connectivity index (χ4n) is 3.05. The van der Waals surface area contributed by atoms with Crippen LogP contribution in [0.25, 0.3) is 10.2 Å². The second kappa shape index (κ2) is 7.49. The third-order valence-corrected chi connectivity index (χ3v) is 5.68. The maximum Gasteiger partial charge on any atom is 0.325 e. The van der Waals surface area contributed by atoms with Crippen LogP contribution in [0.2, 0.25) is 5.02 Å². The summed E-state index contributed by atoms with van der Waals surface area (Å²) in [4.78, 5) is 29.1. The fraction of sp³-hybridized carbons (Fsp3) is 0.471. The standard InChI is InChI=1S/C17H19ClN2O3S/c1-23-14(21)10-20-15-12(18)8-5-9-13(15)24-17(20)19-16(22)11-6-3-2-4-7-11/h5,8-9,11H,2-4,6-7,10H2,1H3. The summed E-state index contributed by atoms with van der Waals surface area (Å²) in [5.74, 6) is -0.511. The van der Waals surface area contributed by atoms with E-state index in [0.29, 0.717) is 15.3 Å². The molecule has 0 unspecified atom stereocenters. The molecule has 5 nitrogen and oxygen atoms in total. The van der Waals surface area contributed by atoms with Crippen molar-refractivity contribution in [3.8, 4) is 0 Å². The number of halogens is 1. The Labute approximate surface area is 148 Å². The van der Waals surface area contributed by atoms with Gasteiger partial charge in [-0.3, -0.25) is 9.59 Å². The summed E-state index contributed by atoms with van der Waals surface area (Å²) in [6.45, 7) is -0.0169. The predicted octanol–water partition coefficient (Wildman–Crippen LogP) is 3.54. The number of para-hydroxylation sites is 1. The zero-order valence-corrected chi connectivity index (χ0v) is 15.0. The predicted molar refractivity (Wildman–Crippen MR) is 94.0 cm³/mol. The average molecular weight is 367 g/mol. The van der Waals surface area contributed by atoms with Crippen molar-refractivity contribution >= 4 is 45.0 Å². The van der Waals surface area contributed by atoms with Crippen LogP contribution in [0.15, 0.2) is 23.2 Å². The number of carbonyl (C=O) groups is 2. The minimum atomic E-state index is -0.402. The summed E-state index contributed by atoms with van der Waals surface area (Å²) in [6, 6.07) is 5.51. The molecule has 1 amide bonds. The number of benzene rings is 1. The Bertz CT molecular complexity index is 834. The van der Waals surface area contributed by atoms with E-state index < -0.39 is 5.97 Å². The molecule has 1 heterocycles. The van der Waals surface area contributed by atoms with Gasteiger partial charge in [0.15, 0.2) is 4.80 Å². The monoisotopic (exact) mass is 366 g/mol. The first kappa shape index (κ1) is 17.2. The Morgan fingerprint density at radius 2 is 2.08 bits per heavy atom. The largest absolute Gasteiger partial charge is 0.468 e. The highest BCUT2D eigenvalue weighted by Crippen LogP contribution is 2.27. The number of hydrogen-bond donors (Lipinski definition) is 0. The zero-order valence-electron chi connectivity index (χ0n) is 13.5. The minimum Gasteiger partial charge on any atom is -0.468 e. The van der Waals surface area contributed by atoms with Gasteiger partial charge in [-0.1, -0.05) is 48.3 Å². The van der Waals surface area contributed by atoms with Gasteiger partial charge >= 0.3 is 5.97 Å². The number of nitrogens with zero attached hydrogens (tertiary/aromatic N) is 2. The van der Waals surface area contributed by atoms with Gasteiger partial charge in [0.05, 0.1) is 22.3 Å². The van der Waals surface area contributed by atoms with Crippen molar-refractivity contribution in [2.45, 2.75) is 38.6 Å². The van der Waals surface area contributed by atoms with Gasteiger partial charge in [0.2, 0.25) is 0 Å². The molecular weight excluding hydrogens is 348 g/mol. The number of fused-ring (bicyclic) bond motifs is 1. The van der Waals surface area contributed by atoms with E-state index in [9.17, 15) is 9.59 Å². The Kier molecular flexibility index (Phi) is 5.36. The van der Waals surface area contributed by atoms with E-state index in [2.05, 4.69) is 4.99 Å². The summed E-state index contributed by atoms with van der Waals surface area (Å²) in [5.41, 5.74) is 0.713. The van der Waals surface area contributed by atoms with Crippen LogP contribution >= 0.6 is 22.9 Å². The van der Waals surface area contributed by atoms with E-state index in [1.54, 1.807) is 10.6 Å². The van der Waals surface area contributed by atoms with Crippen molar-refractivity contribution in [2.75, 3.05) is 7.11 Å². The number of thiazole rings is 1. The Morgan fingerprint density at radius 1 is 1.33 bits per heavy atom. The molecule has 0 saturated heterocycles. The summed E-state index contributed by atoms with van der Waals surface area (Å²) >= 11 is 7.66. The molecule has 1 aliphatic rings. The maximum absolute atomic E-state index is 12.5. The van der Waals surface area contributed by atoms with Crippen molar-refractivity contribution in [1.82, 2.24) is 4.57 Å². The van der Waals surface area contributed by atoms with Crippen LogP contribution in [0.5, 0.6) is 0 Å². The zero-order chi connectivity index (χ0) is 17.1. The topological polar surface area (TPSA) is 60.7 Å². The SMILES string of the molecule is COC(=O)Cn1c(=NC(=O)C2CCCCC2)sc2cccc(Cl)c21. The van der Waals surface area contributed by atoms with E-state index in [1.807, 2.05) is 12.1 Å². The van der Waals surface area contributed by atoms with Crippen molar-refractivity contribution in [3.05, 3.63) is 28.0 Å². The molecule has 0 bridgehead atoms. The van der Waals surface area contributed by atoms with Crippen LogP contribution in [0.4, 0.5) is 0 Å². The third kappa shape index (κ3) is 3.54. The van der Waals surface area contributed by atoms with Crippen molar-refractivity contribution in [2.24, 2.45) is 10.9 Å². The normalized spacial score (nSPS) is 16.5. The molecule has 0 spiro atoms. The van der Waals surface area contributed by atoms with Crippen molar-refractivity contribution in [1.29, 1.82) is 0 Å². The molecule has 3 rings (SSSR count). The second-order valence-electron chi connectivity index (χ2n) is 5.92. The lowest BCUT2D eigenvalue weighted by molar-refractivity contribution is -0.141. The lowest BCUT2D eigenvalue weighted by Crippen LogP contribution is -2.24. The summed E-state index contributed by atoms with van der Waals surface area (Å²) < 4.78 is 7.33. The summed E-state index contributed by atoms with van der Waals surface area (Å²) in [6.07, 6.45) is 5.12. The van der Waals surface area contributed by atoms with Gasteiger partial charge in [0.1, 0.15) is 6.54 Å². The average Bonchev–Trinajstić information content (AvgIpc) is 2.94. The molecule has 0 N–H and O–H groups in total. The Balaban J connectivity index is 2.07. The van der Waals surface area contributed by atoms with Gasteiger partial charge in [0, 0.05) is 5.92 Å². The molecule has 1 aliphatic carbocycles. The summed E-state index contributed by atoms with van der Waals surface area (Å²) in [7, 11) is 1.34. The van der Waals surface area contributed by atoms with Crippen LogP contribution in [0.1, 0.15) is 32.1 Å². The number of hydrogen-bond acceptors (Lipinski definition) is 4. The van der Waals surface area contributed by atoms with Gasteiger partial charge in [-0.15, -0.1) is 0 Å². The number of carbonyl (C=O) groups excluding carboxylic acids is 2. The number of aromatic nitrogens is 1. The van der Waals surface area contributed by atoms with Crippen LogP contribution in [0.3, 0.4) is 0 Å². The lowest BCUT2D eigenvalue weighted by Gasteiger charge is -2.17. The molecule has 0 atom stereocenters. The first-order chi connectivity index (χ1) is 11.6. The number of ether oxygens (including phenoxy) is 1. The first-order valence-electron chi connectivity index (χ1n) is 8.03. The number of amides is 1. The highest BCUT2D eigenvalue weighted by molar-refractivity contribution is 7.16. The first-order valence-corrected chi connectivity index (χ1v) is 9.23. The van der Waals surface area contributed by atoms with Gasteiger partial charge in [-0.2, -0.15) is 4.99 Å². The number of methoxy groups -OCH3 is 1. The summed E-state index contributed by atoms with van der Waals surface area (Å²) in [5, 5.41) is 0.527. The Hall–Kier alpha value is -1.66. The lowest BCUT2D eigenvalue weighted by atomic mass is 9.89. The van der Waals surface area contributed by atoms with Crippen molar-refractivity contribution < 1.29 is 14.3 Å². The van der Waals surface area contributed by atoms with Gasteiger partial charge in [0.25, 0.3) is 5.91 Å². The van der Waals surface area contributed by atoms with Crippen LogP contribution in [0, 0.1) is 5.92 Å². The van der Waals surface area contributed by atoms with Gasteiger partial charge < -0.3 is 9.30 Å². The molecule has 1 aromatic carbocycles. The van der Waals surface area contributed by atoms with Crippen LogP contribution in [-0.2, 0) is 20.9 Å². The number of esters is 1. The molecule has 7 heteroatoms. The number of rotatable bonds is 3. The van der Waals surface area contributed by atoms with E-state index >= 15 is 0 Å². The molecule has 0 aliphatic heterocycles. The van der Waals surface area contributed by atoms with E-state index in [1.165, 1.54) is 24.9 Å². The van der Waals surface area contributed by atoms with E-state index in [4.69, 9.17) is 16.3 Å². The van der Waals surface area contributed by atoms with Crippen LogP contribution in [-0.4, -0.2) is 23.6 Å².